The van der Waals surface area contributed by atoms with E-state index in [-0.39, 0.29) is 0 Å². The Morgan fingerprint density at radius 1 is 1.32 bits per heavy atom. The lowest BCUT2D eigenvalue weighted by atomic mass is 10.0. The second-order valence-electron chi connectivity index (χ2n) is 5.22. The van der Waals surface area contributed by atoms with Crippen LogP contribution in [-0.2, 0) is 6.54 Å². The van der Waals surface area contributed by atoms with Crippen molar-refractivity contribution in [1.29, 1.82) is 0 Å². The van der Waals surface area contributed by atoms with Gasteiger partial charge < -0.3 is 5.32 Å². The number of benzene rings is 1. The van der Waals surface area contributed by atoms with Crippen LogP contribution >= 0.6 is 23.2 Å². The fourth-order valence-corrected chi connectivity index (χ4v) is 3.02. The summed E-state index contributed by atoms with van der Waals surface area (Å²) in [4.78, 5) is 2.56. The average molecular weight is 301 g/mol. The maximum absolute atomic E-state index is 6.10. The quantitative estimate of drug-likeness (QED) is 0.885. The Bertz CT molecular complexity index is 403. The van der Waals surface area contributed by atoms with Crippen molar-refractivity contribution >= 4 is 23.2 Å². The van der Waals surface area contributed by atoms with Crippen molar-refractivity contribution in [1.82, 2.24) is 10.2 Å². The molecule has 1 aliphatic heterocycles. The first-order chi connectivity index (χ1) is 9.20. The van der Waals surface area contributed by atoms with Crippen molar-refractivity contribution in [3.8, 4) is 0 Å². The Labute approximate surface area is 126 Å². The van der Waals surface area contributed by atoms with Crippen molar-refractivity contribution in [3.63, 3.8) is 0 Å². The number of hydrogen-bond acceptors (Lipinski definition) is 2. The third-order valence-electron chi connectivity index (χ3n) is 3.67. The van der Waals surface area contributed by atoms with Crippen LogP contribution in [0, 0.1) is 0 Å². The number of piperidine rings is 1. The highest BCUT2D eigenvalue weighted by Crippen LogP contribution is 2.24. The van der Waals surface area contributed by atoms with E-state index in [0.717, 1.165) is 26.2 Å². The summed E-state index contributed by atoms with van der Waals surface area (Å²) in [6, 6.07) is 6.60. The van der Waals surface area contributed by atoms with Crippen molar-refractivity contribution in [3.05, 3.63) is 33.8 Å². The highest BCUT2D eigenvalue weighted by molar-refractivity contribution is 6.42. The van der Waals surface area contributed by atoms with E-state index in [9.17, 15) is 0 Å². The van der Waals surface area contributed by atoms with Gasteiger partial charge in [0.15, 0.2) is 0 Å². The smallest absolute Gasteiger partial charge is 0.0595 e. The van der Waals surface area contributed by atoms with Gasteiger partial charge in [0.2, 0.25) is 0 Å². The molecule has 1 aromatic rings. The molecule has 106 valence electrons. The molecule has 1 aliphatic rings. The molecule has 0 bridgehead atoms. The molecule has 4 heteroatoms. The van der Waals surface area contributed by atoms with Crippen LogP contribution in [0.5, 0.6) is 0 Å². The third kappa shape index (κ3) is 4.35. The predicted molar refractivity (Wildman–Crippen MR) is 83.1 cm³/mol. The van der Waals surface area contributed by atoms with E-state index in [0.29, 0.717) is 16.1 Å². The van der Waals surface area contributed by atoms with Gasteiger partial charge in [-0.2, -0.15) is 0 Å². The van der Waals surface area contributed by atoms with Gasteiger partial charge >= 0.3 is 0 Å². The SMILES string of the molecule is CCCN(Cc1ccc(Cl)c(Cl)c1)C1CCCNC1. The first kappa shape index (κ1) is 15.1. The molecule has 0 aromatic heterocycles. The molecular weight excluding hydrogens is 279 g/mol. The summed E-state index contributed by atoms with van der Waals surface area (Å²) >= 11 is 12.1. The standard InChI is InChI=1S/C15H22Cl2N2/c1-2-8-19(13-4-3-7-18-10-13)11-12-5-6-14(16)15(17)9-12/h5-6,9,13,18H,2-4,7-8,10-11H2,1H3. The predicted octanol–water partition coefficient (Wildman–Crippen LogP) is 3.96. The lowest BCUT2D eigenvalue weighted by Crippen LogP contribution is -2.45. The molecule has 1 saturated heterocycles. The number of hydrogen-bond donors (Lipinski definition) is 1. The Morgan fingerprint density at radius 3 is 2.79 bits per heavy atom. The molecule has 0 aliphatic carbocycles. The summed E-state index contributed by atoms with van der Waals surface area (Å²) in [5, 5.41) is 4.77. The second-order valence-corrected chi connectivity index (χ2v) is 6.03. The first-order valence-electron chi connectivity index (χ1n) is 7.09. The lowest BCUT2D eigenvalue weighted by molar-refractivity contribution is 0.158. The van der Waals surface area contributed by atoms with Gasteiger partial charge in [-0.15, -0.1) is 0 Å². The minimum atomic E-state index is 0.631. The van der Waals surface area contributed by atoms with Gasteiger partial charge in [-0.1, -0.05) is 36.2 Å². The second kappa shape index (κ2) is 7.49. The van der Waals surface area contributed by atoms with E-state index in [1.807, 2.05) is 12.1 Å². The van der Waals surface area contributed by atoms with Gasteiger partial charge in [0.25, 0.3) is 0 Å². The molecule has 0 amide bonds. The maximum atomic E-state index is 6.10. The molecular formula is C15H22Cl2N2. The van der Waals surface area contributed by atoms with E-state index < -0.39 is 0 Å². The van der Waals surface area contributed by atoms with Crippen LogP contribution in [-0.4, -0.2) is 30.6 Å². The summed E-state index contributed by atoms with van der Waals surface area (Å²) < 4.78 is 0. The number of halogens is 2. The molecule has 1 aromatic carbocycles. The van der Waals surface area contributed by atoms with E-state index in [1.165, 1.54) is 24.8 Å². The molecule has 1 fully saturated rings. The summed E-state index contributed by atoms with van der Waals surface area (Å²) in [5.74, 6) is 0. The van der Waals surface area contributed by atoms with E-state index in [2.05, 4.69) is 23.2 Å². The van der Waals surface area contributed by atoms with Crippen LogP contribution in [0.4, 0.5) is 0 Å². The first-order valence-corrected chi connectivity index (χ1v) is 7.85. The fourth-order valence-electron chi connectivity index (χ4n) is 2.70. The number of nitrogens with one attached hydrogen (secondary N) is 1. The minimum absolute atomic E-state index is 0.631. The molecule has 0 spiro atoms. The molecule has 1 N–H and O–H groups in total. The number of rotatable bonds is 5. The van der Waals surface area contributed by atoms with Crippen LogP contribution in [0.2, 0.25) is 10.0 Å². The Balaban J connectivity index is 2.04. The molecule has 1 unspecified atom stereocenters. The third-order valence-corrected chi connectivity index (χ3v) is 4.41. The molecule has 0 radical (unpaired) electrons. The van der Waals surface area contributed by atoms with Gasteiger partial charge in [-0.05, 0) is 50.0 Å². The summed E-state index contributed by atoms with van der Waals surface area (Å²) in [5.41, 5.74) is 1.24. The highest BCUT2D eigenvalue weighted by atomic mass is 35.5. The van der Waals surface area contributed by atoms with Crippen LogP contribution in [0.15, 0.2) is 18.2 Å². The van der Waals surface area contributed by atoms with Gasteiger partial charge in [0, 0.05) is 19.1 Å². The summed E-state index contributed by atoms with van der Waals surface area (Å²) in [6.45, 7) is 6.58. The van der Waals surface area contributed by atoms with E-state index in [4.69, 9.17) is 23.2 Å². The van der Waals surface area contributed by atoms with E-state index in [1.54, 1.807) is 0 Å². The zero-order valence-corrected chi connectivity index (χ0v) is 13.0. The van der Waals surface area contributed by atoms with Crippen LogP contribution in [0.3, 0.4) is 0 Å². The number of nitrogens with zero attached hydrogens (tertiary/aromatic N) is 1. The average Bonchev–Trinajstić information content (AvgIpc) is 2.43. The van der Waals surface area contributed by atoms with Crippen molar-refractivity contribution in [2.45, 2.75) is 38.8 Å². The minimum Gasteiger partial charge on any atom is -0.315 e. The van der Waals surface area contributed by atoms with Gasteiger partial charge in [-0.25, -0.2) is 0 Å². The molecule has 2 rings (SSSR count). The molecule has 1 heterocycles. The lowest BCUT2D eigenvalue weighted by Gasteiger charge is -2.34. The zero-order chi connectivity index (χ0) is 13.7. The summed E-state index contributed by atoms with van der Waals surface area (Å²) in [7, 11) is 0. The van der Waals surface area contributed by atoms with Gasteiger partial charge in [-0.3, -0.25) is 4.90 Å². The maximum Gasteiger partial charge on any atom is 0.0595 e. The molecule has 2 nitrogen and oxygen atoms in total. The van der Waals surface area contributed by atoms with Crippen LogP contribution in [0.25, 0.3) is 0 Å². The topological polar surface area (TPSA) is 15.3 Å². The Kier molecular flexibility index (Phi) is 5.96. The van der Waals surface area contributed by atoms with Crippen LogP contribution in [0.1, 0.15) is 31.7 Å². The molecule has 19 heavy (non-hydrogen) atoms. The Morgan fingerprint density at radius 2 is 2.16 bits per heavy atom. The normalized spacial score (nSPS) is 19.9. The zero-order valence-electron chi connectivity index (χ0n) is 11.5. The molecule has 0 saturated carbocycles. The monoisotopic (exact) mass is 300 g/mol. The van der Waals surface area contributed by atoms with Crippen LogP contribution < -0.4 is 5.32 Å². The van der Waals surface area contributed by atoms with Crippen molar-refractivity contribution < 1.29 is 0 Å². The van der Waals surface area contributed by atoms with Crippen molar-refractivity contribution in [2.24, 2.45) is 0 Å². The van der Waals surface area contributed by atoms with Gasteiger partial charge in [0.05, 0.1) is 10.0 Å². The van der Waals surface area contributed by atoms with Crippen molar-refractivity contribution in [2.75, 3.05) is 19.6 Å². The molecule has 1 atom stereocenters. The fraction of sp³-hybridized carbons (Fsp3) is 0.600. The largest absolute Gasteiger partial charge is 0.315 e. The van der Waals surface area contributed by atoms with E-state index >= 15 is 0 Å². The van der Waals surface area contributed by atoms with Gasteiger partial charge in [0.1, 0.15) is 0 Å². The Hall–Kier alpha value is -0.280. The summed E-state index contributed by atoms with van der Waals surface area (Å²) in [6.07, 6.45) is 3.73. The highest BCUT2D eigenvalue weighted by Gasteiger charge is 2.20.